The fourth-order valence-corrected chi connectivity index (χ4v) is 8.66. The number of thiazole rings is 1. The summed E-state index contributed by atoms with van der Waals surface area (Å²) in [5.41, 5.74) is 3.42. The predicted octanol–water partition coefficient (Wildman–Crippen LogP) is 7.39. The van der Waals surface area contributed by atoms with E-state index in [-0.39, 0.29) is 17.7 Å². The van der Waals surface area contributed by atoms with Gasteiger partial charge in [0.25, 0.3) is 5.56 Å². The molecule has 0 spiro atoms. The number of aromatic nitrogens is 1. The number of rotatable bonds is 10. The van der Waals surface area contributed by atoms with Crippen molar-refractivity contribution in [3.8, 4) is 17.2 Å². The molecule has 1 aliphatic heterocycles. The van der Waals surface area contributed by atoms with Crippen molar-refractivity contribution in [3.63, 3.8) is 0 Å². The SMILES string of the molecule is CCOC(=O)C1=C(c2ccccc2)N=c2s/c(=C\c3cc(I)cc(I)c3OCc3ccc(Cl)cc3)c(=O)n2[C@H]1c1ccc(OC)c(OC)c1. The third kappa shape index (κ3) is 7.44. The highest BCUT2D eigenvalue weighted by atomic mass is 127. The Labute approximate surface area is 318 Å². The van der Waals surface area contributed by atoms with E-state index in [2.05, 4.69) is 45.2 Å². The molecule has 0 aliphatic carbocycles. The van der Waals surface area contributed by atoms with Gasteiger partial charge in [-0.3, -0.25) is 9.36 Å². The van der Waals surface area contributed by atoms with Gasteiger partial charge in [-0.05, 0) is 106 Å². The summed E-state index contributed by atoms with van der Waals surface area (Å²) < 4.78 is 26.9. The van der Waals surface area contributed by atoms with E-state index in [1.54, 1.807) is 37.8 Å². The van der Waals surface area contributed by atoms with Crippen LogP contribution in [0.3, 0.4) is 0 Å². The van der Waals surface area contributed by atoms with Crippen LogP contribution < -0.4 is 29.1 Å². The molecule has 2 heterocycles. The molecule has 0 saturated carbocycles. The Balaban J connectivity index is 1.58. The van der Waals surface area contributed by atoms with Crippen molar-refractivity contribution in [2.75, 3.05) is 20.8 Å². The summed E-state index contributed by atoms with van der Waals surface area (Å²) in [6.07, 6.45) is 1.83. The lowest BCUT2D eigenvalue weighted by molar-refractivity contribution is -0.138. The van der Waals surface area contributed by atoms with E-state index in [4.69, 9.17) is 35.5 Å². The summed E-state index contributed by atoms with van der Waals surface area (Å²) in [4.78, 5) is 33.8. The molecule has 5 aromatic rings. The fraction of sp³-hybridized carbons (Fsp3) is 0.162. The molecule has 12 heteroatoms. The number of carbonyl (C=O) groups is 1. The second-order valence-corrected chi connectivity index (χ2v) is 14.6. The highest BCUT2D eigenvalue weighted by Gasteiger charge is 2.35. The molecule has 1 aliphatic rings. The maximum absolute atomic E-state index is 14.5. The van der Waals surface area contributed by atoms with Crippen LogP contribution in [0.4, 0.5) is 0 Å². The molecule has 1 aromatic heterocycles. The highest BCUT2D eigenvalue weighted by molar-refractivity contribution is 14.1. The number of ether oxygens (including phenoxy) is 4. The highest BCUT2D eigenvalue weighted by Crippen LogP contribution is 2.38. The lowest BCUT2D eigenvalue weighted by atomic mass is 9.93. The van der Waals surface area contributed by atoms with Crippen LogP contribution in [0.15, 0.2) is 100 Å². The monoisotopic (exact) mass is 918 g/mol. The minimum Gasteiger partial charge on any atom is -0.493 e. The van der Waals surface area contributed by atoms with Crippen molar-refractivity contribution in [3.05, 3.63) is 145 Å². The molecular weight excluding hydrogens is 890 g/mol. The Morgan fingerprint density at radius 3 is 2.41 bits per heavy atom. The minimum atomic E-state index is -0.871. The maximum atomic E-state index is 14.5. The number of esters is 1. The Morgan fingerprint density at radius 1 is 0.980 bits per heavy atom. The second-order valence-electron chi connectivity index (χ2n) is 10.8. The lowest BCUT2D eigenvalue weighted by Gasteiger charge is -2.26. The third-order valence-corrected chi connectivity index (χ3v) is 10.4. The second kappa shape index (κ2) is 15.5. The van der Waals surface area contributed by atoms with Crippen LogP contribution in [0.1, 0.15) is 35.2 Å². The minimum absolute atomic E-state index is 0.150. The summed E-state index contributed by atoms with van der Waals surface area (Å²) in [5.74, 6) is 1.06. The molecular formula is C37H29ClI2N2O6S. The van der Waals surface area contributed by atoms with Crippen LogP contribution in [-0.2, 0) is 16.1 Å². The molecule has 0 bridgehead atoms. The van der Waals surface area contributed by atoms with Gasteiger partial charge in [0.15, 0.2) is 16.3 Å². The van der Waals surface area contributed by atoms with Gasteiger partial charge in [0, 0.05) is 19.7 Å². The van der Waals surface area contributed by atoms with Crippen LogP contribution in [0, 0.1) is 7.14 Å². The number of carbonyl (C=O) groups excluding carboxylic acids is 1. The average Bonchev–Trinajstić information content (AvgIpc) is 3.41. The molecule has 4 aromatic carbocycles. The Kier molecular flexibility index (Phi) is 11.1. The van der Waals surface area contributed by atoms with Crippen molar-refractivity contribution >= 4 is 85.9 Å². The number of benzene rings is 4. The van der Waals surface area contributed by atoms with Crippen LogP contribution >= 0.6 is 68.1 Å². The van der Waals surface area contributed by atoms with E-state index in [1.807, 2.05) is 78.9 Å². The first-order valence-electron chi connectivity index (χ1n) is 15.1. The lowest BCUT2D eigenvalue weighted by Crippen LogP contribution is -2.40. The standard InChI is InChI=1S/C37H29ClI2N2O6S/c1-4-47-36(44)31-32(22-8-6-5-7-9-22)41-37-42(33(31)23-12-15-28(45-2)29(17-23)46-3)35(43)30(49-37)18-24-16-26(39)19-27(40)34(24)48-20-21-10-13-25(38)14-11-21/h5-19,33H,4,20H2,1-3H3/b30-18-/t33-/m0/s1. The summed E-state index contributed by atoms with van der Waals surface area (Å²) in [6.45, 7) is 2.21. The topological polar surface area (TPSA) is 88.4 Å². The van der Waals surface area contributed by atoms with E-state index in [0.29, 0.717) is 49.5 Å². The zero-order valence-electron chi connectivity index (χ0n) is 26.5. The summed E-state index contributed by atoms with van der Waals surface area (Å²) in [7, 11) is 3.09. The Morgan fingerprint density at radius 2 is 1.71 bits per heavy atom. The van der Waals surface area contributed by atoms with Gasteiger partial charge < -0.3 is 18.9 Å². The number of methoxy groups -OCH3 is 2. The predicted molar refractivity (Wildman–Crippen MR) is 208 cm³/mol. The van der Waals surface area contributed by atoms with Gasteiger partial charge in [-0.25, -0.2) is 9.79 Å². The van der Waals surface area contributed by atoms with E-state index in [9.17, 15) is 9.59 Å². The third-order valence-electron chi connectivity index (χ3n) is 7.72. The number of hydrogen-bond donors (Lipinski definition) is 0. The zero-order chi connectivity index (χ0) is 34.7. The molecule has 0 N–H and O–H groups in total. The first-order chi connectivity index (χ1) is 23.7. The first kappa shape index (κ1) is 35.2. The van der Waals surface area contributed by atoms with Gasteiger partial charge in [-0.2, -0.15) is 0 Å². The van der Waals surface area contributed by atoms with Crippen molar-refractivity contribution in [1.82, 2.24) is 4.57 Å². The molecule has 0 fully saturated rings. The van der Waals surface area contributed by atoms with Crippen molar-refractivity contribution in [2.45, 2.75) is 19.6 Å². The largest absolute Gasteiger partial charge is 0.493 e. The quantitative estimate of drug-likeness (QED) is 0.107. The molecule has 1 atom stereocenters. The van der Waals surface area contributed by atoms with Crippen LogP contribution in [0.25, 0.3) is 11.8 Å². The van der Waals surface area contributed by atoms with Crippen molar-refractivity contribution in [1.29, 1.82) is 0 Å². The van der Waals surface area contributed by atoms with E-state index in [0.717, 1.165) is 23.8 Å². The first-order valence-corrected chi connectivity index (χ1v) is 18.4. The molecule has 0 saturated heterocycles. The maximum Gasteiger partial charge on any atom is 0.338 e. The van der Waals surface area contributed by atoms with Crippen LogP contribution in [0.2, 0.25) is 5.02 Å². The van der Waals surface area contributed by atoms with Gasteiger partial charge in [0.2, 0.25) is 0 Å². The molecule has 250 valence electrons. The average molecular weight is 919 g/mol. The Bertz CT molecular complexity index is 2250. The van der Waals surface area contributed by atoms with Gasteiger partial charge in [-0.1, -0.05) is 71.5 Å². The normalized spacial score (nSPS) is 14.2. The molecule has 0 radical (unpaired) electrons. The van der Waals surface area contributed by atoms with E-state index < -0.39 is 12.0 Å². The fourth-order valence-electron chi connectivity index (χ4n) is 5.50. The Hall–Kier alpha value is -3.66. The van der Waals surface area contributed by atoms with E-state index in [1.165, 1.54) is 11.3 Å². The molecule has 0 unspecified atom stereocenters. The number of nitrogens with zero attached hydrogens (tertiary/aromatic N) is 2. The van der Waals surface area contributed by atoms with E-state index >= 15 is 0 Å². The number of halogens is 3. The number of fused-ring (bicyclic) bond motifs is 1. The van der Waals surface area contributed by atoms with Gasteiger partial charge in [-0.15, -0.1) is 0 Å². The molecule has 6 rings (SSSR count). The smallest absolute Gasteiger partial charge is 0.338 e. The summed E-state index contributed by atoms with van der Waals surface area (Å²) in [5, 5.41) is 0.650. The molecule has 49 heavy (non-hydrogen) atoms. The van der Waals surface area contributed by atoms with Gasteiger partial charge >= 0.3 is 5.97 Å². The van der Waals surface area contributed by atoms with Gasteiger partial charge in [0.05, 0.1) is 46.2 Å². The zero-order valence-corrected chi connectivity index (χ0v) is 32.4. The van der Waals surface area contributed by atoms with Crippen molar-refractivity contribution < 1.29 is 23.7 Å². The molecule has 0 amide bonds. The number of hydrogen-bond acceptors (Lipinski definition) is 8. The van der Waals surface area contributed by atoms with Crippen molar-refractivity contribution in [2.24, 2.45) is 4.99 Å². The summed E-state index contributed by atoms with van der Waals surface area (Å²) >= 11 is 11.8. The summed E-state index contributed by atoms with van der Waals surface area (Å²) in [6, 6.07) is 25.4. The van der Waals surface area contributed by atoms with Crippen LogP contribution in [-0.4, -0.2) is 31.4 Å². The molecule has 8 nitrogen and oxygen atoms in total. The van der Waals surface area contributed by atoms with Gasteiger partial charge in [0.1, 0.15) is 12.4 Å². The van der Waals surface area contributed by atoms with Crippen LogP contribution in [0.5, 0.6) is 17.2 Å².